The van der Waals surface area contributed by atoms with E-state index in [1.807, 2.05) is 0 Å². The van der Waals surface area contributed by atoms with E-state index >= 15 is 0 Å². The first kappa shape index (κ1) is 17.4. The smallest absolute Gasteiger partial charge is 0.207 e. The van der Waals surface area contributed by atoms with Gasteiger partial charge < -0.3 is 0 Å². The van der Waals surface area contributed by atoms with Crippen LogP contribution in [0.4, 0.5) is 8.78 Å². The first-order chi connectivity index (χ1) is 10.2. The maximum absolute atomic E-state index is 13.7. The van der Waals surface area contributed by atoms with E-state index < -0.39 is 33.8 Å². The van der Waals surface area contributed by atoms with E-state index in [1.165, 1.54) is 12.1 Å². The van der Waals surface area contributed by atoms with Gasteiger partial charge in [-0.05, 0) is 30.3 Å². The van der Waals surface area contributed by atoms with Gasteiger partial charge in [-0.2, -0.15) is 0 Å². The van der Waals surface area contributed by atoms with E-state index in [-0.39, 0.29) is 20.0 Å². The molecule has 0 atom stereocenters. The highest BCUT2D eigenvalue weighted by Gasteiger charge is 2.20. The molecule has 0 saturated carbocycles. The second kappa shape index (κ2) is 6.68. The first-order valence-electron chi connectivity index (χ1n) is 5.79. The third kappa shape index (κ3) is 3.70. The summed E-state index contributed by atoms with van der Waals surface area (Å²) in [6.07, 6.45) is 0. The van der Waals surface area contributed by atoms with Crippen molar-refractivity contribution >= 4 is 44.8 Å². The average Bonchev–Trinajstić information content (AvgIpc) is 2.45. The van der Waals surface area contributed by atoms with Crippen LogP contribution in [0, 0.1) is 11.6 Å². The Labute approximate surface area is 140 Å². The summed E-state index contributed by atoms with van der Waals surface area (Å²) in [6.45, 7) is -0.622. The highest BCUT2D eigenvalue weighted by Crippen LogP contribution is 2.26. The number of hydrogen-bond donors (Lipinski definition) is 1. The van der Waals surface area contributed by atoms with E-state index in [9.17, 15) is 17.2 Å². The van der Waals surface area contributed by atoms with Gasteiger partial charge in [0, 0.05) is 17.1 Å². The summed E-state index contributed by atoms with van der Waals surface area (Å²) in [7, 11) is -4.10. The van der Waals surface area contributed by atoms with Gasteiger partial charge in [0.05, 0.1) is 10.0 Å². The van der Waals surface area contributed by atoms with Crippen LogP contribution >= 0.6 is 34.8 Å². The second-order valence-electron chi connectivity index (χ2n) is 4.22. The van der Waals surface area contributed by atoms with Gasteiger partial charge in [-0.15, -0.1) is 0 Å². The zero-order valence-electron chi connectivity index (χ0n) is 10.7. The van der Waals surface area contributed by atoms with Crippen LogP contribution < -0.4 is 4.72 Å². The lowest BCUT2D eigenvalue weighted by Crippen LogP contribution is -2.24. The van der Waals surface area contributed by atoms with E-state index in [4.69, 9.17) is 34.8 Å². The molecule has 0 heterocycles. The van der Waals surface area contributed by atoms with Gasteiger partial charge >= 0.3 is 0 Å². The zero-order valence-corrected chi connectivity index (χ0v) is 13.8. The van der Waals surface area contributed by atoms with Crippen LogP contribution in [-0.2, 0) is 16.6 Å². The third-order valence-corrected chi connectivity index (χ3v) is 5.17. The molecule has 1 N–H and O–H groups in total. The van der Waals surface area contributed by atoms with E-state index in [2.05, 4.69) is 4.72 Å². The molecule has 3 nitrogen and oxygen atoms in total. The summed E-state index contributed by atoms with van der Waals surface area (Å²) in [5.74, 6) is -1.94. The van der Waals surface area contributed by atoms with Crippen LogP contribution in [0.2, 0.25) is 15.1 Å². The van der Waals surface area contributed by atoms with Crippen molar-refractivity contribution < 1.29 is 17.2 Å². The topological polar surface area (TPSA) is 46.2 Å². The van der Waals surface area contributed by atoms with Crippen LogP contribution in [0.3, 0.4) is 0 Å². The number of halogens is 5. The summed E-state index contributed by atoms with van der Waals surface area (Å²) < 4.78 is 53.7. The van der Waals surface area contributed by atoms with Crippen molar-refractivity contribution in [1.29, 1.82) is 0 Å². The van der Waals surface area contributed by atoms with Crippen molar-refractivity contribution in [3.8, 4) is 0 Å². The van der Waals surface area contributed by atoms with Crippen molar-refractivity contribution in [1.82, 2.24) is 4.72 Å². The molecule has 0 aliphatic rings. The number of rotatable bonds is 4. The van der Waals surface area contributed by atoms with Crippen LogP contribution in [0.15, 0.2) is 35.2 Å². The summed E-state index contributed by atoms with van der Waals surface area (Å²) in [5, 5.41) is -0.217. The van der Waals surface area contributed by atoms with E-state index in [0.29, 0.717) is 0 Å². The predicted molar refractivity (Wildman–Crippen MR) is 81.9 cm³/mol. The largest absolute Gasteiger partial charge is 0.242 e. The van der Waals surface area contributed by atoms with Gasteiger partial charge in [-0.25, -0.2) is 21.9 Å². The molecule has 0 amide bonds. The molecule has 2 aromatic rings. The minimum Gasteiger partial charge on any atom is -0.207 e. The number of hydrogen-bond acceptors (Lipinski definition) is 2. The number of benzene rings is 2. The molecule has 0 spiro atoms. The minimum atomic E-state index is -4.10. The first-order valence-corrected chi connectivity index (χ1v) is 8.41. The molecule has 0 aromatic heterocycles. The van der Waals surface area contributed by atoms with E-state index in [1.54, 1.807) is 0 Å². The van der Waals surface area contributed by atoms with Crippen LogP contribution in [-0.4, -0.2) is 8.42 Å². The zero-order chi connectivity index (χ0) is 16.5. The van der Waals surface area contributed by atoms with Gasteiger partial charge in [0.15, 0.2) is 0 Å². The van der Waals surface area contributed by atoms with Crippen molar-refractivity contribution in [2.24, 2.45) is 0 Å². The van der Waals surface area contributed by atoms with Crippen LogP contribution in [0.1, 0.15) is 5.56 Å². The third-order valence-electron chi connectivity index (χ3n) is 2.76. The highest BCUT2D eigenvalue weighted by atomic mass is 35.5. The van der Waals surface area contributed by atoms with Gasteiger partial charge in [-0.3, -0.25) is 0 Å². The summed E-state index contributed by atoms with van der Waals surface area (Å²) in [5.41, 5.74) is -0.491. The molecule has 118 valence electrons. The fourth-order valence-corrected chi connectivity index (χ4v) is 3.59. The maximum atomic E-state index is 13.7. The predicted octanol–water partition coefficient (Wildman–Crippen LogP) is 4.40. The fourth-order valence-electron chi connectivity index (χ4n) is 1.66. The Balaban J connectivity index is 2.31. The Kier molecular flexibility index (Phi) is 5.29. The molecule has 0 radical (unpaired) electrons. The van der Waals surface area contributed by atoms with E-state index in [0.717, 1.165) is 18.2 Å². The molecule has 2 rings (SSSR count). The van der Waals surface area contributed by atoms with Crippen molar-refractivity contribution in [3.05, 3.63) is 62.6 Å². The lowest BCUT2D eigenvalue weighted by molar-refractivity contribution is 0.544. The molecule has 0 aliphatic carbocycles. The lowest BCUT2D eigenvalue weighted by Gasteiger charge is -2.10. The molecule has 2 aromatic carbocycles. The van der Waals surface area contributed by atoms with Crippen LogP contribution in [0.5, 0.6) is 0 Å². The van der Waals surface area contributed by atoms with Crippen molar-refractivity contribution in [3.63, 3.8) is 0 Å². The maximum Gasteiger partial charge on any atom is 0.242 e. The highest BCUT2D eigenvalue weighted by molar-refractivity contribution is 7.89. The minimum absolute atomic E-state index is 0.0658. The Morgan fingerprint density at radius 1 is 1.00 bits per heavy atom. The molecule has 0 bridgehead atoms. The van der Waals surface area contributed by atoms with Crippen molar-refractivity contribution in [2.75, 3.05) is 0 Å². The Bertz CT molecular complexity index is 828. The van der Waals surface area contributed by atoms with Gasteiger partial charge in [0.2, 0.25) is 10.0 Å². The normalized spacial score (nSPS) is 11.7. The van der Waals surface area contributed by atoms with Gasteiger partial charge in [0.25, 0.3) is 0 Å². The van der Waals surface area contributed by atoms with Crippen LogP contribution in [0.25, 0.3) is 0 Å². The molecular weight excluding hydrogens is 379 g/mol. The number of sulfonamides is 1. The molecule has 0 fully saturated rings. The summed E-state index contributed by atoms with van der Waals surface area (Å²) in [6, 6.07) is 5.84. The standard InChI is InChI=1S/C13H8Cl3F2NO2S/c14-7-1-2-9(15)12(5-7)22(20,21)19-6-8-11(17)4-3-10(16)13(8)18/h1-5,19H,6H2. The fraction of sp³-hybridized carbons (Fsp3) is 0.0769. The SMILES string of the molecule is O=S(=O)(NCc1c(F)ccc(Cl)c1F)c1cc(Cl)ccc1Cl. The summed E-state index contributed by atoms with van der Waals surface area (Å²) >= 11 is 17.1. The Morgan fingerprint density at radius 2 is 1.64 bits per heavy atom. The van der Waals surface area contributed by atoms with Gasteiger partial charge in [-0.1, -0.05) is 34.8 Å². The Hall–Kier alpha value is -0.920. The average molecular weight is 387 g/mol. The molecule has 0 saturated heterocycles. The monoisotopic (exact) mass is 385 g/mol. The summed E-state index contributed by atoms with van der Waals surface area (Å²) in [4.78, 5) is -0.287. The molecule has 9 heteroatoms. The second-order valence-corrected chi connectivity index (χ2v) is 7.21. The lowest BCUT2D eigenvalue weighted by atomic mass is 10.2. The van der Waals surface area contributed by atoms with Crippen molar-refractivity contribution in [2.45, 2.75) is 11.4 Å². The Morgan fingerprint density at radius 3 is 2.32 bits per heavy atom. The molecule has 22 heavy (non-hydrogen) atoms. The molecule has 0 unspecified atom stereocenters. The molecular formula is C13H8Cl3F2NO2S. The van der Waals surface area contributed by atoms with Gasteiger partial charge in [0.1, 0.15) is 16.5 Å². The quantitative estimate of drug-likeness (QED) is 0.792. The number of nitrogens with one attached hydrogen (secondary N) is 1. The molecule has 0 aliphatic heterocycles.